The standard InChI is InChI=1S/C12H14N2O2/c1-8(12(15)16-3)14-9(2)13-10-6-4-5-7-11(10)14/h4-8H,1-3H3/t8-/m1/s1. The molecule has 1 aromatic heterocycles. The van der Waals surface area contributed by atoms with Crippen molar-refractivity contribution in [2.24, 2.45) is 0 Å². The predicted molar refractivity (Wildman–Crippen MR) is 61.2 cm³/mol. The van der Waals surface area contributed by atoms with Crippen molar-refractivity contribution in [3.63, 3.8) is 0 Å². The molecule has 0 aliphatic rings. The molecule has 0 amide bonds. The summed E-state index contributed by atoms with van der Waals surface area (Å²) in [5.41, 5.74) is 1.86. The molecule has 0 saturated heterocycles. The molecule has 0 saturated carbocycles. The molecule has 0 fully saturated rings. The zero-order valence-electron chi connectivity index (χ0n) is 9.60. The Kier molecular flexibility index (Phi) is 2.64. The minimum Gasteiger partial charge on any atom is -0.467 e. The SMILES string of the molecule is COC(=O)[C@@H](C)n1c(C)nc2ccccc21. The molecule has 1 aromatic carbocycles. The number of hydrogen-bond donors (Lipinski definition) is 0. The van der Waals surface area contributed by atoms with Crippen LogP contribution in [0.1, 0.15) is 18.8 Å². The molecule has 84 valence electrons. The van der Waals surface area contributed by atoms with Crippen LogP contribution < -0.4 is 0 Å². The third kappa shape index (κ3) is 1.56. The molecule has 0 radical (unpaired) electrons. The molecule has 2 aromatic rings. The first-order valence-corrected chi connectivity index (χ1v) is 5.16. The number of aromatic nitrogens is 2. The number of carbonyl (C=O) groups excluding carboxylic acids is 1. The highest BCUT2D eigenvalue weighted by Crippen LogP contribution is 2.21. The average Bonchev–Trinajstić information content (AvgIpc) is 2.63. The molecule has 4 heteroatoms. The van der Waals surface area contributed by atoms with Crippen molar-refractivity contribution >= 4 is 17.0 Å². The van der Waals surface area contributed by atoms with E-state index in [1.165, 1.54) is 7.11 Å². The summed E-state index contributed by atoms with van der Waals surface area (Å²) >= 11 is 0. The molecule has 0 aliphatic heterocycles. The molecule has 1 heterocycles. The van der Waals surface area contributed by atoms with E-state index in [1.54, 1.807) is 0 Å². The van der Waals surface area contributed by atoms with Gasteiger partial charge in [0.25, 0.3) is 0 Å². The van der Waals surface area contributed by atoms with Gasteiger partial charge in [0.1, 0.15) is 11.9 Å². The third-order valence-corrected chi connectivity index (χ3v) is 2.70. The van der Waals surface area contributed by atoms with Crippen LogP contribution in [-0.4, -0.2) is 22.6 Å². The second-order valence-corrected chi connectivity index (χ2v) is 3.72. The first-order valence-electron chi connectivity index (χ1n) is 5.16. The molecule has 0 bridgehead atoms. The van der Waals surface area contributed by atoms with Crippen LogP contribution in [0.3, 0.4) is 0 Å². The first-order chi connectivity index (χ1) is 7.65. The van der Waals surface area contributed by atoms with Gasteiger partial charge in [0, 0.05) is 0 Å². The molecule has 1 atom stereocenters. The molecule has 0 N–H and O–H groups in total. The van der Waals surface area contributed by atoms with Crippen LogP contribution in [0.5, 0.6) is 0 Å². The Morgan fingerprint density at radius 2 is 2.12 bits per heavy atom. The van der Waals surface area contributed by atoms with Gasteiger partial charge in [-0.2, -0.15) is 0 Å². The number of ether oxygens (including phenoxy) is 1. The van der Waals surface area contributed by atoms with Crippen molar-refractivity contribution in [3.8, 4) is 0 Å². The summed E-state index contributed by atoms with van der Waals surface area (Å²) in [6.45, 7) is 3.70. The minimum atomic E-state index is -0.350. The van der Waals surface area contributed by atoms with Crippen molar-refractivity contribution in [1.29, 1.82) is 0 Å². The van der Waals surface area contributed by atoms with E-state index in [1.807, 2.05) is 42.7 Å². The van der Waals surface area contributed by atoms with Crippen LogP contribution >= 0.6 is 0 Å². The maximum atomic E-state index is 11.5. The normalized spacial score (nSPS) is 12.7. The maximum Gasteiger partial charge on any atom is 0.328 e. The van der Waals surface area contributed by atoms with Gasteiger partial charge in [-0.3, -0.25) is 0 Å². The van der Waals surface area contributed by atoms with E-state index in [0.717, 1.165) is 16.9 Å². The van der Waals surface area contributed by atoms with Gasteiger partial charge < -0.3 is 9.30 Å². The fourth-order valence-corrected chi connectivity index (χ4v) is 1.93. The number of methoxy groups -OCH3 is 1. The van der Waals surface area contributed by atoms with E-state index in [2.05, 4.69) is 4.98 Å². The first kappa shape index (κ1) is 10.7. The summed E-state index contributed by atoms with van der Waals surface area (Å²) in [7, 11) is 1.40. The quantitative estimate of drug-likeness (QED) is 0.725. The molecule has 4 nitrogen and oxygen atoms in total. The summed E-state index contributed by atoms with van der Waals surface area (Å²) in [5, 5.41) is 0. The van der Waals surface area contributed by atoms with Gasteiger partial charge in [0.05, 0.1) is 18.1 Å². The van der Waals surface area contributed by atoms with Gasteiger partial charge in [-0.05, 0) is 26.0 Å². The topological polar surface area (TPSA) is 44.1 Å². The summed E-state index contributed by atoms with van der Waals surface area (Å²) in [4.78, 5) is 15.9. The van der Waals surface area contributed by atoms with E-state index in [-0.39, 0.29) is 12.0 Å². The largest absolute Gasteiger partial charge is 0.467 e. The lowest BCUT2D eigenvalue weighted by molar-refractivity contribution is -0.143. The van der Waals surface area contributed by atoms with Crippen LogP contribution in [-0.2, 0) is 9.53 Å². The summed E-state index contributed by atoms with van der Waals surface area (Å²) in [6.07, 6.45) is 0. The second-order valence-electron chi connectivity index (χ2n) is 3.72. The third-order valence-electron chi connectivity index (χ3n) is 2.70. The van der Waals surface area contributed by atoms with E-state index in [4.69, 9.17) is 4.74 Å². The van der Waals surface area contributed by atoms with Gasteiger partial charge in [0.15, 0.2) is 0 Å². The molecular weight excluding hydrogens is 204 g/mol. The Balaban J connectivity index is 2.59. The Morgan fingerprint density at radius 3 is 2.81 bits per heavy atom. The molecule has 2 rings (SSSR count). The van der Waals surface area contributed by atoms with Gasteiger partial charge in [0.2, 0.25) is 0 Å². The van der Waals surface area contributed by atoms with E-state index < -0.39 is 0 Å². The van der Waals surface area contributed by atoms with E-state index in [9.17, 15) is 4.79 Å². The number of imidazole rings is 1. The zero-order valence-corrected chi connectivity index (χ0v) is 9.60. The van der Waals surface area contributed by atoms with Gasteiger partial charge >= 0.3 is 5.97 Å². The number of carbonyl (C=O) groups is 1. The fourth-order valence-electron chi connectivity index (χ4n) is 1.93. The number of fused-ring (bicyclic) bond motifs is 1. The van der Waals surface area contributed by atoms with Gasteiger partial charge in [-0.1, -0.05) is 12.1 Å². The van der Waals surface area contributed by atoms with Crippen molar-refractivity contribution < 1.29 is 9.53 Å². The molecule has 0 aliphatic carbocycles. The van der Waals surface area contributed by atoms with Crippen molar-refractivity contribution in [2.75, 3.05) is 7.11 Å². The number of aryl methyl sites for hydroxylation is 1. The fraction of sp³-hybridized carbons (Fsp3) is 0.333. The van der Waals surface area contributed by atoms with Crippen LogP contribution in [0, 0.1) is 6.92 Å². The lowest BCUT2D eigenvalue weighted by atomic mass is 10.3. The van der Waals surface area contributed by atoms with Crippen LogP contribution in [0.4, 0.5) is 0 Å². The number of nitrogens with zero attached hydrogens (tertiary/aromatic N) is 2. The van der Waals surface area contributed by atoms with Crippen LogP contribution in [0.25, 0.3) is 11.0 Å². The maximum absolute atomic E-state index is 11.5. The lowest BCUT2D eigenvalue weighted by Gasteiger charge is -2.13. The molecule has 0 spiro atoms. The minimum absolute atomic E-state index is 0.258. The van der Waals surface area contributed by atoms with Gasteiger partial charge in [-0.15, -0.1) is 0 Å². The number of hydrogen-bond acceptors (Lipinski definition) is 3. The zero-order chi connectivity index (χ0) is 11.7. The van der Waals surface area contributed by atoms with Crippen molar-refractivity contribution in [2.45, 2.75) is 19.9 Å². The average molecular weight is 218 g/mol. The van der Waals surface area contributed by atoms with E-state index in [0.29, 0.717) is 0 Å². The smallest absolute Gasteiger partial charge is 0.328 e. The van der Waals surface area contributed by atoms with Crippen molar-refractivity contribution in [1.82, 2.24) is 9.55 Å². The number of rotatable bonds is 2. The Morgan fingerprint density at radius 1 is 1.44 bits per heavy atom. The van der Waals surface area contributed by atoms with Crippen LogP contribution in [0.15, 0.2) is 24.3 Å². The number of esters is 1. The summed E-state index contributed by atoms with van der Waals surface area (Å²) in [5.74, 6) is 0.561. The van der Waals surface area contributed by atoms with E-state index >= 15 is 0 Å². The Bertz CT molecular complexity index is 531. The van der Waals surface area contributed by atoms with Crippen LogP contribution in [0.2, 0.25) is 0 Å². The highest BCUT2D eigenvalue weighted by atomic mass is 16.5. The summed E-state index contributed by atoms with van der Waals surface area (Å²) in [6, 6.07) is 7.40. The molecule has 0 unspecified atom stereocenters. The highest BCUT2D eigenvalue weighted by molar-refractivity contribution is 5.80. The Hall–Kier alpha value is -1.84. The predicted octanol–water partition coefficient (Wildman–Crippen LogP) is 2.08. The Labute approximate surface area is 93.9 Å². The second kappa shape index (κ2) is 3.96. The number of benzene rings is 1. The lowest BCUT2D eigenvalue weighted by Crippen LogP contribution is -2.18. The summed E-state index contributed by atoms with van der Waals surface area (Å²) < 4.78 is 6.64. The highest BCUT2D eigenvalue weighted by Gasteiger charge is 2.19. The monoisotopic (exact) mass is 218 g/mol. The molecule has 16 heavy (non-hydrogen) atoms. The van der Waals surface area contributed by atoms with Gasteiger partial charge in [-0.25, -0.2) is 9.78 Å². The van der Waals surface area contributed by atoms with Crippen molar-refractivity contribution in [3.05, 3.63) is 30.1 Å². The number of para-hydroxylation sites is 2. The molecular formula is C12H14N2O2.